The van der Waals surface area contributed by atoms with Crippen LogP contribution in [-0.2, 0) is 4.74 Å². The van der Waals surface area contributed by atoms with E-state index in [0.29, 0.717) is 35.7 Å². The zero-order valence-corrected chi connectivity index (χ0v) is 14.7. The number of carbonyl (C=O) groups excluding carboxylic acids is 1. The Kier molecular flexibility index (Phi) is 4.46. The number of alkyl halides is 3. The number of rotatable bonds is 3. The second-order valence-electron chi connectivity index (χ2n) is 6.37. The van der Waals surface area contributed by atoms with E-state index in [1.807, 2.05) is 0 Å². The van der Waals surface area contributed by atoms with Gasteiger partial charge in [0.05, 0.1) is 13.2 Å². The van der Waals surface area contributed by atoms with Crippen molar-refractivity contribution in [3.8, 4) is 5.75 Å². The average Bonchev–Trinajstić information content (AvgIpc) is 3.25. The van der Waals surface area contributed by atoms with Gasteiger partial charge in [-0.1, -0.05) is 0 Å². The second kappa shape index (κ2) is 6.82. The van der Waals surface area contributed by atoms with Gasteiger partial charge in [0, 0.05) is 23.5 Å². The molecule has 2 N–H and O–H groups in total. The highest BCUT2D eigenvalue weighted by Crippen LogP contribution is 2.27. The first kappa shape index (κ1) is 18.3. The van der Waals surface area contributed by atoms with Crippen LogP contribution in [-0.4, -0.2) is 57.0 Å². The Morgan fingerprint density at radius 3 is 2.89 bits per heavy atom. The van der Waals surface area contributed by atoms with Crippen molar-refractivity contribution in [2.24, 2.45) is 0 Å². The Morgan fingerprint density at radius 2 is 2.18 bits per heavy atom. The number of ether oxygens (including phenoxy) is 2. The Balaban J connectivity index is 1.53. The van der Waals surface area contributed by atoms with Crippen LogP contribution in [0.4, 0.5) is 13.2 Å². The summed E-state index contributed by atoms with van der Waals surface area (Å²) in [7, 11) is 0. The summed E-state index contributed by atoms with van der Waals surface area (Å²) in [6.45, 7) is 2.75. The van der Waals surface area contributed by atoms with Gasteiger partial charge < -0.3 is 19.4 Å². The molecule has 0 spiro atoms. The summed E-state index contributed by atoms with van der Waals surface area (Å²) in [6, 6.07) is 5.46. The molecule has 1 saturated heterocycles. The third kappa shape index (κ3) is 3.79. The SMILES string of the molecule is Cc1nc(C2CN(C(=O)c3cc4ccc(OC(F)(F)F)cc4[nH]3)CCO2)n[nH]1. The molecule has 28 heavy (non-hydrogen) atoms. The maximum absolute atomic E-state index is 12.8. The first-order valence-corrected chi connectivity index (χ1v) is 8.47. The minimum atomic E-state index is -4.78. The number of hydrogen-bond donors (Lipinski definition) is 2. The molecular weight excluding hydrogens is 379 g/mol. The smallest absolute Gasteiger partial charge is 0.406 e. The van der Waals surface area contributed by atoms with Gasteiger partial charge in [0.1, 0.15) is 23.4 Å². The molecule has 0 bridgehead atoms. The molecule has 0 radical (unpaired) electrons. The Labute approximate surface area is 156 Å². The van der Waals surface area contributed by atoms with E-state index in [2.05, 4.69) is 24.9 Å². The lowest BCUT2D eigenvalue weighted by Gasteiger charge is -2.31. The molecule has 1 amide bonds. The van der Waals surface area contributed by atoms with E-state index in [9.17, 15) is 18.0 Å². The lowest BCUT2D eigenvalue weighted by atomic mass is 10.2. The van der Waals surface area contributed by atoms with Crippen LogP contribution in [0.2, 0.25) is 0 Å². The maximum Gasteiger partial charge on any atom is 0.573 e. The molecule has 1 aliphatic rings. The molecule has 3 aromatic rings. The molecular formula is C17H16F3N5O3. The monoisotopic (exact) mass is 395 g/mol. The van der Waals surface area contributed by atoms with Crippen LogP contribution in [0, 0.1) is 6.92 Å². The summed E-state index contributed by atoms with van der Waals surface area (Å²) in [6.07, 6.45) is -5.22. The fourth-order valence-corrected chi connectivity index (χ4v) is 3.08. The van der Waals surface area contributed by atoms with E-state index in [1.165, 1.54) is 18.2 Å². The molecule has 0 saturated carbocycles. The predicted molar refractivity (Wildman–Crippen MR) is 90.7 cm³/mol. The van der Waals surface area contributed by atoms with Crippen molar-refractivity contribution in [2.75, 3.05) is 19.7 Å². The largest absolute Gasteiger partial charge is 0.573 e. The van der Waals surface area contributed by atoms with E-state index in [4.69, 9.17) is 4.74 Å². The van der Waals surface area contributed by atoms with Crippen LogP contribution < -0.4 is 4.74 Å². The van der Waals surface area contributed by atoms with Crippen molar-refractivity contribution in [3.05, 3.63) is 41.6 Å². The van der Waals surface area contributed by atoms with Crippen LogP contribution in [0.3, 0.4) is 0 Å². The summed E-state index contributed by atoms with van der Waals surface area (Å²) in [4.78, 5) is 21.5. The molecule has 11 heteroatoms. The number of halogens is 3. The number of H-pyrrole nitrogens is 2. The van der Waals surface area contributed by atoms with Gasteiger partial charge in [-0.3, -0.25) is 9.89 Å². The van der Waals surface area contributed by atoms with Crippen molar-refractivity contribution in [3.63, 3.8) is 0 Å². The maximum atomic E-state index is 12.8. The van der Waals surface area contributed by atoms with Crippen molar-refractivity contribution < 1.29 is 27.4 Å². The predicted octanol–water partition coefficient (Wildman–Crippen LogP) is 2.71. The number of nitrogens with one attached hydrogen (secondary N) is 2. The number of hydrogen-bond acceptors (Lipinski definition) is 5. The summed E-state index contributed by atoms with van der Waals surface area (Å²) in [5, 5.41) is 7.41. The molecule has 2 aromatic heterocycles. The third-order valence-corrected chi connectivity index (χ3v) is 4.31. The quantitative estimate of drug-likeness (QED) is 0.711. The van der Waals surface area contributed by atoms with Crippen molar-refractivity contribution in [1.29, 1.82) is 0 Å². The number of aromatic nitrogens is 4. The lowest BCUT2D eigenvalue weighted by molar-refractivity contribution is -0.274. The molecule has 1 aliphatic heterocycles. The van der Waals surface area contributed by atoms with Gasteiger partial charge in [0.2, 0.25) is 0 Å². The number of benzene rings is 1. The highest BCUT2D eigenvalue weighted by Gasteiger charge is 2.32. The highest BCUT2D eigenvalue weighted by atomic mass is 19.4. The van der Waals surface area contributed by atoms with Gasteiger partial charge in [0.25, 0.3) is 5.91 Å². The zero-order chi connectivity index (χ0) is 19.9. The molecule has 148 valence electrons. The fraction of sp³-hybridized carbons (Fsp3) is 0.353. The molecule has 1 aromatic carbocycles. The Bertz CT molecular complexity index is 1010. The first-order valence-electron chi connectivity index (χ1n) is 8.47. The third-order valence-electron chi connectivity index (χ3n) is 4.31. The number of morpholine rings is 1. The average molecular weight is 395 g/mol. The van der Waals surface area contributed by atoms with Gasteiger partial charge in [-0.2, -0.15) is 5.10 Å². The summed E-state index contributed by atoms with van der Waals surface area (Å²) in [5.74, 6) is 0.484. The molecule has 1 unspecified atom stereocenters. The van der Waals surface area contributed by atoms with Crippen molar-refractivity contribution >= 4 is 16.8 Å². The van der Waals surface area contributed by atoms with Gasteiger partial charge in [0.15, 0.2) is 5.82 Å². The van der Waals surface area contributed by atoms with Gasteiger partial charge in [-0.15, -0.1) is 13.2 Å². The number of nitrogens with zero attached hydrogens (tertiary/aromatic N) is 3. The summed E-state index contributed by atoms with van der Waals surface area (Å²) < 4.78 is 46.7. The van der Waals surface area contributed by atoms with Crippen LogP contribution in [0.25, 0.3) is 10.9 Å². The standard InChI is InChI=1S/C17H16F3N5O3/c1-9-21-15(24-23-9)14-8-25(4-5-27-14)16(26)13-6-10-2-3-11(7-12(10)22-13)28-17(18,19)20/h2-3,6-7,14,22H,4-5,8H2,1H3,(H,21,23,24). The minimum absolute atomic E-state index is 0.269. The molecule has 1 atom stereocenters. The normalized spacial score (nSPS) is 17.9. The Hall–Kier alpha value is -3.08. The van der Waals surface area contributed by atoms with Gasteiger partial charge in [-0.25, -0.2) is 4.98 Å². The van der Waals surface area contributed by atoms with Crippen LogP contribution in [0.5, 0.6) is 5.75 Å². The Morgan fingerprint density at radius 1 is 1.36 bits per heavy atom. The number of aryl methyl sites for hydroxylation is 1. The van der Waals surface area contributed by atoms with Crippen molar-refractivity contribution in [2.45, 2.75) is 19.4 Å². The van der Waals surface area contributed by atoms with Crippen LogP contribution >= 0.6 is 0 Å². The summed E-state index contributed by atoms with van der Waals surface area (Å²) >= 11 is 0. The van der Waals surface area contributed by atoms with Gasteiger partial charge >= 0.3 is 6.36 Å². The van der Waals surface area contributed by atoms with Crippen molar-refractivity contribution in [1.82, 2.24) is 25.1 Å². The summed E-state index contributed by atoms with van der Waals surface area (Å²) in [5.41, 5.74) is 0.644. The zero-order valence-electron chi connectivity index (χ0n) is 14.7. The molecule has 0 aliphatic carbocycles. The highest BCUT2D eigenvalue weighted by molar-refractivity contribution is 5.98. The molecule has 3 heterocycles. The molecule has 8 nitrogen and oxygen atoms in total. The fourth-order valence-electron chi connectivity index (χ4n) is 3.08. The molecule has 1 fully saturated rings. The lowest BCUT2D eigenvalue weighted by Crippen LogP contribution is -2.42. The van der Waals surface area contributed by atoms with E-state index in [0.717, 1.165) is 0 Å². The molecule has 4 rings (SSSR count). The first-order chi connectivity index (χ1) is 13.3. The van der Waals surface area contributed by atoms with Crippen LogP contribution in [0.15, 0.2) is 24.3 Å². The van der Waals surface area contributed by atoms with E-state index < -0.39 is 12.5 Å². The number of amides is 1. The van der Waals surface area contributed by atoms with E-state index >= 15 is 0 Å². The number of aromatic amines is 2. The van der Waals surface area contributed by atoms with Crippen LogP contribution in [0.1, 0.15) is 28.2 Å². The minimum Gasteiger partial charge on any atom is -0.406 e. The number of carbonyl (C=O) groups is 1. The second-order valence-corrected chi connectivity index (χ2v) is 6.37. The van der Waals surface area contributed by atoms with Gasteiger partial charge in [-0.05, 0) is 25.1 Å². The number of fused-ring (bicyclic) bond motifs is 1. The van der Waals surface area contributed by atoms with E-state index in [1.54, 1.807) is 17.9 Å². The van der Waals surface area contributed by atoms with E-state index in [-0.39, 0.29) is 23.9 Å². The topological polar surface area (TPSA) is 96.1 Å².